The van der Waals surface area contributed by atoms with Gasteiger partial charge in [0.2, 0.25) is 5.91 Å². The number of carbonyl (C=O) groups is 3. The zero-order valence-corrected chi connectivity index (χ0v) is 12.7. The number of esters is 1. The van der Waals surface area contributed by atoms with Crippen LogP contribution in [-0.4, -0.2) is 73.2 Å². The number of nitrogens with zero attached hydrogens (tertiary/aromatic N) is 2. The van der Waals surface area contributed by atoms with E-state index in [0.717, 1.165) is 0 Å². The summed E-state index contributed by atoms with van der Waals surface area (Å²) in [4.78, 5) is 41.0. The number of hydrogen-bond acceptors (Lipinski definition) is 6. The van der Waals surface area contributed by atoms with Gasteiger partial charge < -0.3 is 20.1 Å². The maximum absolute atomic E-state index is 13.8. The van der Waals surface area contributed by atoms with Crippen LogP contribution in [-0.2, 0) is 23.9 Å². The monoisotopic (exact) mass is 331 g/mol. The highest BCUT2D eigenvalue weighted by Crippen LogP contribution is 2.29. The van der Waals surface area contributed by atoms with Crippen molar-refractivity contribution in [1.82, 2.24) is 9.96 Å². The zero-order chi connectivity index (χ0) is 17.1. The van der Waals surface area contributed by atoms with Crippen LogP contribution in [0.25, 0.3) is 0 Å². The lowest BCUT2D eigenvalue weighted by Gasteiger charge is -2.27. The number of hydroxylamine groups is 2. The van der Waals surface area contributed by atoms with Gasteiger partial charge in [-0.05, 0) is 12.5 Å². The quantitative estimate of drug-likeness (QED) is 0.376. The maximum atomic E-state index is 13.8. The van der Waals surface area contributed by atoms with E-state index in [0.29, 0.717) is 10.6 Å². The standard InChI is InChI=1S/C13H18FN3O6/c1-7-5-8-6-16(9(7)11(15)18)13(20)17(8)23-10(14)12(19)22-4-3-21-2/h5,8-10H,3-4,6H2,1-2H3,(H2,15,18)/t8-,9+,10-/m1/s1. The predicted octanol–water partition coefficient (Wildman–Crippen LogP) is -0.677. The van der Waals surface area contributed by atoms with Gasteiger partial charge in [0, 0.05) is 7.11 Å². The van der Waals surface area contributed by atoms with Crippen molar-refractivity contribution in [2.75, 3.05) is 26.9 Å². The number of fused-ring (bicyclic) bond motifs is 2. The largest absolute Gasteiger partial charge is 0.459 e. The molecule has 1 saturated heterocycles. The van der Waals surface area contributed by atoms with Crippen LogP contribution in [0.1, 0.15) is 6.92 Å². The summed E-state index contributed by atoms with van der Waals surface area (Å²) in [6.07, 6.45) is -0.878. The van der Waals surface area contributed by atoms with Crippen LogP contribution in [0.4, 0.5) is 9.18 Å². The van der Waals surface area contributed by atoms with Gasteiger partial charge in [-0.1, -0.05) is 6.08 Å². The molecule has 0 aliphatic carbocycles. The van der Waals surface area contributed by atoms with Crippen LogP contribution in [0, 0.1) is 0 Å². The second-order valence-electron chi connectivity index (χ2n) is 5.13. The van der Waals surface area contributed by atoms with E-state index in [1.165, 1.54) is 12.0 Å². The molecule has 2 aliphatic rings. The first-order valence-corrected chi connectivity index (χ1v) is 6.90. The minimum Gasteiger partial charge on any atom is -0.459 e. The SMILES string of the molecule is COCCOC(=O)[C@H](F)ON1C(=O)N2C[C@H]1C=C(C)[C@H]2C(N)=O. The molecule has 2 bridgehead atoms. The summed E-state index contributed by atoms with van der Waals surface area (Å²) in [5.74, 6) is -1.96. The molecule has 0 saturated carbocycles. The van der Waals surface area contributed by atoms with Gasteiger partial charge in [0.25, 0.3) is 0 Å². The van der Waals surface area contributed by atoms with Gasteiger partial charge in [-0.3, -0.25) is 4.79 Å². The Bertz CT molecular complexity index is 540. The molecule has 1 fully saturated rings. The summed E-state index contributed by atoms with van der Waals surface area (Å²) in [5, 5.41) is 0.717. The van der Waals surface area contributed by atoms with Crippen molar-refractivity contribution < 1.29 is 33.1 Å². The highest BCUT2D eigenvalue weighted by atomic mass is 19.1. The Morgan fingerprint density at radius 1 is 1.48 bits per heavy atom. The molecular formula is C13H18FN3O6. The molecule has 0 spiro atoms. The molecule has 0 radical (unpaired) electrons. The van der Waals surface area contributed by atoms with Gasteiger partial charge in [0.15, 0.2) is 0 Å². The third kappa shape index (κ3) is 3.42. The Hall–Kier alpha value is -2.20. The molecule has 128 valence electrons. The van der Waals surface area contributed by atoms with E-state index in [-0.39, 0.29) is 19.8 Å². The fourth-order valence-corrected chi connectivity index (χ4v) is 2.53. The number of halogens is 1. The number of amides is 3. The van der Waals surface area contributed by atoms with Gasteiger partial charge in [-0.25, -0.2) is 18.8 Å². The normalized spacial score (nSPS) is 24.5. The van der Waals surface area contributed by atoms with Crippen molar-refractivity contribution in [3.8, 4) is 0 Å². The van der Waals surface area contributed by atoms with Crippen molar-refractivity contribution in [2.24, 2.45) is 5.73 Å². The Labute approximate surface area is 131 Å². The Kier molecular flexibility index (Phi) is 5.16. The molecule has 2 heterocycles. The zero-order valence-electron chi connectivity index (χ0n) is 12.7. The van der Waals surface area contributed by atoms with Crippen LogP contribution in [0.3, 0.4) is 0 Å². The summed E-state index contributed by atoms with van der Waals surface area (Å²) in [5.41, 5.74) is 5.84. The summed E-state index contributed by atoms with van der Waals surface area (Å²) in [6.45, 7) is 1.73. The van der Waals surface area contributed by atoms with Gasteiger partial charge in [-0.2, -0.15) is 5.06 Å². The van der Waals surface area contributed by atoms with Crippen molar-refractivity contribution in [1.29, 1.82) is 0 Å². The Morgan fingerprint density at radius 3 is 2.78 bits per heavy atom. The number of hydrogen-bond donors (Lipinski definition) is 1. The summed E-state index contributed by atoms with van der Waals surface area (Å²) in [7, 11) is 1.40. The molecular weight excluding hydrogens is 313 g/mol. The molecule has 2 aliphatic heterocycles. The highest BCUT2D eigenvalue weighted by Gasteiger charge is 2.48. The van der Waals surface area contributed by atoms with Crippen LogP contribution in [0.5, 0.6) is 0 Å². The average Bonchev–Trinajstić information content (AvgIpc) is 2.72. The van der Waals surface area contributed by atoms with Crippen LogP contribution in [0.15, 0.2) is 11.6 Å². The number of rotatable bonds is 7. The summed E-state index contributed by atoms with van der Waals surface area (Å²) in [6, 6.07) is -2.25. The molecule has 10 heteroatoms. The van der Waals surface area contributed by atoms with E-state index in [4.69, 9.17) is 10.6 Å². The molecule has 3 amide bonds. The molecule has 2 rings (SSSR count). The van der Waals surface area contributed by atoms with E-state index in [2.05, 4.69) is 9.47 Å². The summed E-state index contributed by atoms with van der Waals surface area (Å²) < 4.78 is 23.0. The van der Waals surface area contributed by atoms with Gasteiger partial charge >= 0.3 is 18.4 Å². The first kappa shape index (κ1) is 17.2. The molecule has 23 heavy (non-hydrogen) atoms. The lowest BCUT2D eigenvalue weighted by molar-refractivity contribution is -0.223. The summed E-state index contributed by atoms with van der Waals surface area (Å²) >= 11 is 0. The third-order valence-electron chi connectivity index (χ3n) is 3.51. The average molecular weight is 331 g/mol. The number of methoxy groups -OCH3 is 1. The topological polar surface area (TPSA) is 111 Å². The third-order valence-corrected chi connectivity index (χ3v) is 3.51. The molecule has 0 aromatic heterocycles. The van der Waals surface area contributed by atoms with Gasteiger partial charge in [0.1, 0.15) is 12.6 Å². The fourth-order valence-electron chi connectivity index (χ4n) is 2.53. The number of alkyl halides is 1. The van der Waals surface area contributed by atoms with Gasteiger partial charge in [0.05, 0.1) is 19.2 Å². The molecule has 2 N–H and O–H groups in total. The first-order valence-electron chi connectivity index (χ1n) is 6.90. The first-order chi connectivity index (χ1) is 10.9. The highest BCUT2D eigenvalue weighted by molar-refractivity contribution is 5.90. The predicted molar refractivity (Wildman–Crippen MR) is 73.3 cm³/mol. The molecule has 0 unspecified atom stereocenters. The molecule has 0 aromatic carbocycles. The van der Waals surface area contributed by atoms with Crippen molar-refractivity contribution in [2.45, 2.75) is 25.4 Å². The van der Waals surface area contributed by atoms with E-state index in [1.54, 1.807) is 13.0 Å². The van der Waals surface area contributed by atoms with Crippen molar-refractivity contribution in [3.05, 3.63) is 11.6 Å². The number of urea groups is 1. The van der Waals surface area contributed by atoms with Crippen LogP contribution < -0.4 is 5.73 Å². The molecule has 9 nitrogen and oxygen atoms in total. The van der Waals surface area contributed by atoms with E-state index < -0.39 is 36.3 Å². The lowest BCUT2D eigenvalue weighted by Crippen LogP contribution is -2.48. The van der Waals surface area contributed by atoms with E-state index >= 15 is 0 Å². The van der Waals surface area contributed by atoms with Crippen LogP contribution >= 0.6 is 0 Å². The Morgan fingerprint density at radius 2 is 2.17 bits per heavy atom. The maximum Gasteiger partial charge on any atom is 0.371 e. The molecule has 0 aromatic rings. The fraction of sp³-hybridized carbons (Fsp3) is 0.615. The lowest BCUT2D eigenvalue weighted by atomic mass is 10.0. The van der Waals surface area contributed by atoms with Crippen molar-refractivity contribution >= 4 is 17.9 Å². The van der Waals surface area contributed by atoms with E-state index in [1.807, 2.05) is 0 Å². The minimum absolute atomic E-state index is 0.111. The second kappa shape index (κ2) is 6.92. The minimum atomic E-state index is -2.46. The van der Waals surface area contributed by atoms with Crippen LogP contribution in [0.2, 0.25) is 0 Å². The van der Waals surface area contributed by atoms with Gasteiger partial charge in [-0.15, -0.1) is 0 Å². The Balaban J connectivity index is 2.01. The number of primary amides is 1. The number of nitrogens with two attached hydrogens (primary N) is 1. The number of ether oxygens (including phenoxy) is 2. The van der Waals surface area contributed by atoms with E-state index in [9.17, 15) is 18.8 Å². The second-order valence-corrected chi connectivity index (χ2v) is 5.13. The smallest absolute Gasteiger partial charge is 0.371 e. The molecule has 3 atom stereocenters. The number of carbonyl (C=O) groups excluding carboxylic acids is 3. The van der Waals surface area contributed by atoms with Crippen molar-refractivity contribution in [3.63, 3.8) is 0 Å².